The first-order chi connectivity index (χ1) is 8.22. The lowest BCUT2D eigenvalue weighted by molar-refractivity contribution is 0.384. The van der Waals surface area contributed by atoms with Gasteiger partial charge in [0.15, 0.2) is 0 Å². The summed E-state index contributed by atoms with van der Waals surface area (Å²) in [5, 5.41) is 11.8. The fourth-order valence-corrected chi connectivity index (χ4v) is 2.05. The molecular formula is C13H26N4. The van der Waals surface area contributed by atoms with Gasteiger partial charge in [-0.2, -0.15) is 0 Å². The Balaban J connectivity index is 2.77. The van der Waals surface area contributed by atoms with Crippen LogP contribution in [0.5, 0.6) is 0 Å². The second-order valence-electron chi connectivity index (χ2n) is 4.74. The molecule has 0 aliphatic carbocycles. The molecule has 1 rings (SSSR count). The second-order valence-corrected chi connectivity index (χ2v) is 4.74. The highest BCUT2D eigenvalue weighted by Gasteiger charge is 2.18. The molecule has 0 fully saturated rings. The van der Waals surface area contributed by atoms with Crippen LogP contribution in [-0.2, 0) is 6.54 Å². The van der Waals surface area contributed by atoms with Crippen LogP contribution < -0.4 is 5.32 Å². The lowest BCUT2D eigenvalue weighted by atomic mass is 9.97. The molecule has 1 heterocycles. The highest BCUT2D eigenvalue weighted by Crippen LogP contribution is 2.22. The van der Waals surface area contributed by atoms with Gasteiger partial charge in [0.2, 0.25) is 0 Å². The highest BCUT2D eigenvalue weighted by atomic mass is 15.4. The van der Waals surface area contributed by atoms with Gasteiger partial charge < -0.3 is 5.32 Å². The third-order valence-electron chi connectivity index (χ3n) is 3.23. The SMILES string of the molecule is CCCn1nncc1C(CC(C)CC)NCC. The van der Waals surface area contributed by atoms with E-state index in [4.69, 9.17) is 0 Å². The summed E-state index contributed by atoms with van der Waals surface area (Å²) < 4.78 is 2.04. The Morgan fingerprint density at radius 2 is 2.12 bits per heavy atom. The van der Waals surface area contributed by atoms with Gasteiger partial charge in [-0.3, -0.25) is 0 Å². The van der Waals surface area contributed by atoms with Gasteiger partial charge in [-0.1, -0.05) is 39.3 Å². The van der Waals surface area contributed by atoms with E-state index >= 15 is 0 Å². The number of nitrogens with one attached hydrogen (secondary N) is 1. The first-order valence-electron chi connectivity index (χ1n) is 6.84. The largest absolute Gasteiger partial charge is 0.309 e. The fourth-order valence-electron chi connectivity index (χ4n) is 2.05. The molecule has 4 heteroatoms. The van der Waals surface area contributed by atoms with Crippen LogP contribution in [0, 0.1) is 5.92 Å². The van der Waals surface area contributed by atoms with E-state index in [1.807, 2.05) is 10.9 Å². The fraction of sp³-hybridized carbons (Fsp3) is 0.846. The molecule has 2 atom stereocenters. The molecule has 1 aromatic heterocycles. The molecule has 0 spiro atoms. The van der Waals surface area contributed by atoms with Crippen LogP contribution in [-0.4, -0.2) is 21.5 Å². The predicted octanol–water partition coefficient (Wildman–Crippen LogP) is 2.77. The summed E-state index contributed by atoms with van der Waals surface area (Å²) >= 11 is 0. The predicted molar refractivity (Wildman–Crippen MR) is 70.8 cm³/mol. The Morgan fingerprint density at radius 3 is 2.71 bits per heavy atom. The van der Waals surface area contributed by atoms with Crippen LogP contribution in [0.25, 0.3) is 0 Å². The molecule has 0 saturated carbocycles. The van der Waals surface area contributed by atoms with Crippen molar-refractivity contribution in [3.8, 4) is 0 Å². The smallest absolute Gasteiger partial charge is 0.0756 e. The first-order valence-corrected chi connectivity index (χ1v) is 6.84. The van der Waals surface area contributed by atoms with Crippen LogP contribution in [0.2, 0.25) is 0 Å². The maximum absolute atomic E-state index is 4.17. The van der Waals surface area contributed by atoms with E-state index in [9.17, 15) is 0 Å². The van der Waals surface area contributed by atoms with Crippen LogP contribution in [0.15, 0.2) is 6.20 Å². The zero-order valence-corrected chi connectivity index (χ0v) is 11.6. The van der Waals surface area contributed by atoms with Crippen molar-refractivity contribution in [3.63, 3.8) is 0 Å². The van der Waals surface area contributed by atoms with Crippen LogP contribution >= 0.6 is 0 Å². The zero-order valence-electron chi connectivity index (χ0n) is 11.6. The molecule has 0 aliphatic rings. The summed E-state index contributed by atoms with van der Waals surface area (Å²) in [4.78, 5) is 0. The molecule has 0 radical (unpaired) electrons. The van der Waals surface area contributed by atoms with Gasteiger partial charge in [0, 0.05) is 6.54 Å². The Labute approximate surface area is 105 Å². The summed E-state index contributed by atoms with van der Waals surface area (Å²) in [5.41, 5.74) is 1.23. The summed E-state index contributed by atoms with van der Waals surface area (Å²) in [6.07, 6.45) is 5.38. The molecule has 0 aliphatic heterocycles. The number of nitrogens with zero attached hydrogens (tertiary/aromatic N) is 3. The lowest BCUT2D eigenvalue weighted by Crippen LogP contribution is -2.25. The molecule has 2 unspecified atom stereocenters. The Hall–Kier alpha value is -0.900. The third kappa shape index (κ3) is 4.11. The average Bonchev–Trinajstić information content (AvgIpc) is 2.77. The topological polar surface area (TPSA) is 42.7 Å². The van der Waals surface area contributed by atoms with E-state index in [-0.39, 0.29) is 0 Å². The molecule has 0 amide bonds. The Kier molecular flexibility index (Phi) is 6.19. The van der Waals surface area contributed by atoms with Crippen LogP contribution in [0.1, 0.15) is 58.7 Å². The first kappa shape index (κ1) is 14.2. The van der Waals surface area contributed by atoms with Gasteiger partial charge in [-0.15, -0.1) is 5.10 Å². The molecule has 98 valence electrons. The Morgan fingerprint density at radius 1 is 1.35 bits per heavy atom. The van der Waals surface area contributed by atoms with E-state index in [0.29, 0.717) is 6.04 Å². The van der Waals surface area contributed by atoms with Crippen molar-refractivity contribution in [2.24, 2.45) is 5.92 Å². The van der Waals surface area contributed by atoms with Crippen LogP contribution in [0.4, 0.5) is 0 Å². The summed E-state index contributed by atoms with van der Waals surface area (Å²) in [5.74, 6) is 0.726. The second kappa shape index (κ2) is 7.43. The number of hydrogen-bond donors (Lipinski definition) is 1. The van der Waals surface area contributed by atoms with Crippen molar-refractivity contribution in [1.82, 2.24) is 20.3 Å². The zero-order chi connectivity index (χ0) is 12.7. The van der Waals surface area contributed by atoms with Crippen LogP contribution in [0.3, 0.4) is 0 Å². The molecule has 1 N–H and O–H groups in total. The van der Waals surface area contributed by atoms with Gasteiger partial charge in [-0.25, -0.2) is 4.68 Å². The average molecular weight is 238 g/mol. The maximum Gasteiger partial charge on any atom is 0.0756 e. The summed E-state index contributed by atoms with van der Waals surface area (Å²) in [6, 6.07) is 0.386. The van der Waals surface area contributed by atoms with Crippen molar-refractivity contribution >= 4 is 0 Å². The minimum atomic E-state index is 0.386. The molecule has 0 bridgehead atoms. The standard InChI is InChI=1S/C13H26N4/c1-5-8-17-13(10-15-16-17)12(14-7-3)9-11(4)6-2/h10-12,14H,5-9H2,1-4H3. The maximum atomic E-state index is 4.17. The summed E-state index contributed by atoms with van der Waals surface area (Å²) in [7, 11) is 0. The molecular weight excluding hydrogens is 212 g/mol. The van der Waals surface area contributed by atoms with Gasteiger partial charge in [-0.05, 0) is 25.3 Å². The van der Waals surface area contributed by atoms with Crippen molar-refractivity contribution in [3.05, 3.63) is 11.9 Å². The third-order valence-corrected chi connectivity index (χ3v) is 3.23. The summed E-state index contributed by atoms with van der Waals surface area (Å²) in [6.45, 7) is 10.8. The molecule has 17 heavy (non-hydrogen) atoms. The van der Waals surface area contributed by atoms with Gasteiger partial charge in [0.1, 0.15) is 0 Å². The van der Waals surface area contributed by atoms with E-state index in [1.165, 1.54) is 12.1 Å². The molecule has 0 saturated heterocycles. The molecule has 1 aromatic rings. The molecule has 0 aromatic carbocycles. The lowest BCUT2D eigenvalue weighted by Gasteiger charge is -2.21. The normalized spacial score (nSPS) is 14.8. The van der Waals surface area contributed by atoms with Gasteiger partial charge in [0.25, 0.3) is 0 Å². The number of rotatable bonds is 8. The monoisotopic (exact) mass is 238 g/mol. The minimum Gasteiger partial charge on any atom is -0.309 e. The van der Waals surface area contributed by atoms with Gasteiger partial charge >= 0.3 is 0 Å². The Bertz CT molecular complexity index is 308. The van der Waals surface area contributed by atoms with E-state index in [0.717, 1.165) is 31.8 Å². The van der Waals surface area contributed by atoms with Crippen molar-refractivity contribution in [1.29, 1.82) is 0 Å². The quantitative estimate of drug-likeness (QED) is 0.757. The highest BCUT2D eigenvalue weighted by molar-refractivity contribution is 5.02. The van der Waals surface area contributed by atoms with Crippen molar-refractivity contribution in [2.45, 2.75) is 59.5 Å². The van der Waals surface area contributed by atoms with Crippen molar-refractivity contribution < 1.29 is 0 Å². The number of aryl methyl sites for hydroxylation is 1. The number of hydrogen-bond acceptors (Lipinski definition) is 3. The van der Waals surface area contributed by atoms with E-state index in [2.05, 4.69) is 43.3 Å². The van der Waals surface area contributed by atoms with E-state index in [1.54, 1.807) is 0 Å². The van der Waals surface area contributed by atoms with Gasteiger partial charge in [0.05, 0.1) is 17.9 Å². The molecule has 4 nitrogen and oxygen atoms in total. The number of aromatic nitrogens is 3. The van der Waals surface area contributed by atoms with Crippen molar-refractivity contribution in [2.75, 3.05) is 6.54 Å². The van der Waals surface area contributed by atoms with E-state index < -0.39 is 0 Å². The minimum absolute atomic E-state index is 0.386.